The molecule has 1 heterocycles. The number of hydrogen-bond acceptors (Lipinski definition) is 3. The minimum absolute atomic E-state index is 0.0260. The first-order valence-electron chi connectivity index (χ1n) is 11.3. The van der Waals surface area contributed by atoms with Crippen molar-refractivity contribution in [2.45, 2.75) is 31.8 Å². The second kappa shape index (κ2) is 11.3. The Kier molecular flexibility index (Phi) is 7.93. The van der Waals surface area contributed by atoms with Crippen LogP contribution in [-0.4, -0.2) is 39.3 Å². The van der Waals surface area contributed by atoms with Gasteiger partial charge in [0.2, 0.25) is 5.91 Å². The molecule has 0 saturated carbocycles. The van der Waals surface area contributed by atoms with E-state index in [0.717, 1.165) is 18.4 Å². The molecule has 4 rings (SSSR count). The number of nitrogens with one attached hydrogen (secondary N) is 1. The van der Waals surface area contributed by atoms with E-state index in [9.17, 15) is 9.59 Å². The third kappa shape index (κ3) is 6.01. The van der Waals surface area contributed by atoms with Crippen LogP contribution in [0.15, 0.2) is 84.9 Å². The molecule has 0 radical (unpaired) electrons. The van der Waals surface area contributed by atoms with Crippen LogP contribution < -0.4 is 5.32 Å². The van der Waals surface area contributed by atoms with Crippen LogP contribution in [0.25, 0.3) is 0 Å². The fourth-order valence-electron chi connectivity index (χ4n) is 4.08. The van der Waals surface area contributed by atoms with E-state index < -0.39 is 6.04 Å². The molecule has 5 nitrogen and oxygen atoms in total. The standard InChI is InChI=1S/C27H26ClN3O2S/c28-22-13-15-23(16-14-22)29-25(32)18-24-26(33)31(19-21-10-5-2-6-11-21)27(34)30(24)17-7-12-20-8-3-1-4-9-20/h1-6,8-11,13-16,24H,7,12,17-19H2,(H,29,32). The number of aryl methyl sites for hydroxylation is 1. The fraction of sp³-hybridized carbons (Fsp3) is 0.222. The van der Waals surface area contributed by atoms with E-state index in [-0.39, 0.29) is 18.2 Å². The number of halogens is 1. The van der Waals surface area contributed by atoms with Crippen LogP contribution >= 0.6 is 23.8 Å². The highest BCUT2D eigenvalue weighted by atomic mass is 35.5. The van der Waals surface area contributed by atoms with Crippen LogP contribution in [0.5, 0.6) is 0 Å². The zero-order chi connectivity index (χ0) is 23.9. The molecule has 1 fully saturated rings. The van der Waals surface area contributed by atoms with Crippen molar-refractivity contribution < 1.29 is 9.59 Å². The predicted molar refractivity (Wildman–Crippen MR) is 140 cm³/mol. The van der Waals surface area contributed by atoms with E-state index in [2.05, 4.69) is 17.4 Å². The number of carbonyl (C=O) groups is 2. The first-order valence-corrected chi connectivity index (χ1v) is 12.0. The van der Waals surface area contributed by atoms with Gasteiger partial charge in [0.1, 0.15) is 6.04 Å². The number of anilines is 1. The summed E-state index contributed by atoms with van der Waals surface area (Å²) in [6, 6.07) is 26.2. The molecule has 3 aromatic rings. The maximum Gasteiger partial charge on any atom is 0.252 e. The first-order chi connectivity index (χ1) is 16.5. The van der Waals surface area contributed by atoms with Crippen molar-refractivity contribution in [3.63, 3.8) is 0 Å². The molecule has 1 aliphatic heterocycles. The molecule has 1 N–H and O–H groups in total. The van der Waals surface area contributed by atoms with Crippen LogP contribution in [-0.2, 0) is 22.6 Å². The number of carbonyl (C=O) groups excluding carboxylic acids is 2. The average molecular weight is 492 g/mol. The van der Waals surface area contributed by atoms with E-state index >= 15 is 0 Å². The van der Waals surface area contributed by atoms with Gasteiger partial charge in [0.15, 0.2) is 5.11 Å². The van der Waals surface area contributed by atoms with Gasteiger partial charge in [-0.3, -0.25) is 14.5 Å². The molecule has 174 valence electrons. The average Bonchev–Trinajstić information content (AvgIpc) is 3.06. The second-order valence-electron chi connectivity index (χ2n) is 8.25. The van der Waals surface area contributed by atoms with Gasteiger partial charge in [-0.15, -0.1) is 0 Å². The highest BCUT2D eigenvalue weighted by Crippen LogP contribution is 2.24. The summed E-state index contributed by atoms with van der Waals surface area (Å²) in [5.41, 5.74) is 2.87. The van der Waals surface area contributed by atoms with E-state index in [1.165, 1.54) is 5.56 Å². The summed E-state index contributed by atoms with van der Waals surface area (Å²) in [6.45, 7) is 0.993. The van der Waals surface area contributed by atoms with Gasteiger partial charge in [0.25, 0.3) is 5.91 Å². The zero-order valence-corrected chi connectivity index (χ0v) is 20.3. The summed E-state index contributed by atoms with van der Waals surface area (Å²) in [5, 5.41) is 3.93. The fourth-order valence-corrected chi connectivity index (χ4v) is 4.57. The third-order valence-electron chi connectivity index (χ3n) is 5.80. The van der Waals surface area contributed by atoms with Crippen molar-refractivity contribution in [2.75, 3.05) is 11.9 Å². The van der Waals surface area contributed by atoms with Gasteiger partial charge in [0.05, 0.1) is 13.0 Å². The Balaban J connectivity index is 1.47. The lowest BCUT2D eigenvalue weighted by Gasteiger charge is -2.24. The number of hydrogen-bond donors (Lipinski definition) is 1. The van der Waals surface area contributed by atoms with Gasteiger partial charge >= 0.3 is 0 Å². The van der Waals surface area contributed by atoms with E-state index in [0.29, 0.717) is 28.9 Å². The van der Waals surface area contributed by atoms with Gasteiger partial charge < -0.3 is 10.2 Å². The monoisotopic (exact) mass is 491 g/mol. The van der Waals surface area contributed by atoms with Crippen molar-refractivity contribution in [3.05, 3.63) is 101 Å². The molecule has 1 atom stereocenters. The number of benzene rings is 3. The Morgan fingerprint density at radius 3 is 2.18 bits per heavy atom. The molecule has 0 aliphatic carbocycles. The Hall–Kier alpha value is -3.22. The third-order valence-corrected chi connectivity index (χ3v) is 6.51. The number of amides is 2. The molecule has 3 aromatic carbocycles. The number of thiocarbonyl (C=S) groups is 1. The molecule has 1 aliphatic rings. The predicted octanol–water partition coefficient (Wildman–Crippen LogP) is 5.30. The van der Waals surface area contributed by atoms with E-state index in [1.54, 1.807) is 29.2 Å². The van der Waals surface area contributed by atoms with Gasteiger partial charge in [-0.2, -0.15) is 0 Å². The lowest BCUT2D eigenvalue weighted by atomic mass is 10.1. The molecule has 0 bridgehead atoms. The molecule has 7 heteroatoms. The molecule has 1 saturated heterocycles. The van der Waals surface area contributed by atoms with Crippen LogP contribution in [0.4, 0.5) is 5.69 Å². The lowest BCUT2D eigenvalue weighted by Crippen LogP contribution is -2.38. The summed E-state index contributed by atoms with van der Waals surface area (Å²) in [7, 11) is 0. The summed E-state index contributed by atoms with van der Waals surface area (Å²) >= 11 is 11.7. The van der Waals surface area contributed by atoms with Gasteiger partial charge in [-0.05, 0) is 60.5 Å². The second-order valence-corrected chi connectivity index (χ2v) is 9.05. The zero-order valence-electron chi connectivity index (χ0n) is 18.7. The van der Waals surface area contributed by atoms with Crippen molar-refractivity contribution in [1.82, 2.24) is 9.80 Å². The summed E-state index contributed by atoms with van der Waals surface area (Å²) < 4.78 is 0. The molecular weight excluding hydrogens is 466 g/mol. The van der Waals surface area contributed by atoms with Crippen LogP contribution in [0.3, 0.4) is 0 Å². The van der Waals surface area contributed by atoms with E-state index in [4.69, 9.17) is 23.8 Å². The minimum Gasteiger partial charge on any atom is -0.336 e. The lowest BCUT2D eigenvalue weighted by molar-refractivity contribution is -0.131. The highest BCUT2D eigenvalue weighted by molar-refractivity contribution is 7.80. The molecule has 0 spiro atoms. The molecule has 2 amide bonds. The van der Waals surface area contributed by atoms with Gasteiger partial charge in [0, 0.05) is 17.3 Å². The normalized spacial score (nSPS) is 15.6. The van der Waals surface area contributed by atoms with Crippen LogP contribution in [0, 0.1) is 0 Å². The largest absolute Gasteiger partial charge is 0.336 e. The highest BCUT2D eigenvalue weighted by Gasteiger charge is 2.42. The Morgan fingerprint density at radius 1 is 0.912 bits per heavy atom. The van der Waals surface area contributed by atoms with Crippen molar-refractivity contribution >= 4 is 46.4 Å². The first kappa shape index (κ1) is 23.9. The van der Waals surface area contributed by atoms with Crippen LogP contribution in [0.2, 0.25) is 5.02 Å². The van der Waals surface area contributed by atoms with Crippen molar-refractivity contribution in [1.29, 1.82) is 0 Å². The smallest absolute Gasteiger partial charge is 0.252 e. The Morgan fingerprint density at radius 2 is 1.53 bits per heavy atom. The van der Waals surface area contributed by atoms with Gasteiger partial charge in [-0.25, -0.2) is 0 Å². The Labute approximate surface area is 210 Å². The summed E-state index contributed by atoms with van der Waals surface area (Å²) in [6.07, 6.45) is 1.72. The number of rotatable bonds is 9. The maximum atomic E-state index is 13.4. The molecular formula is C27H26ClN3O2S. The molecule has 34 heavy (non-hydrogen) atoms. The summed E-state index contributed by atoms with van der Waals surface area (Å²) in [4.78, 5) is 29.7. The topological polar surface area (TPSA) is 52.7 Å². The minimum atomic E-state index is -0.626. The molecule has 1 unspecified atom stereocenters. The van der Waals surface area contributed by atoms with Crippen molar-refractivity contribution in [3.8, 4) is 0 Å². The van der Waals surface area contributed by atoms with Gasteiger partial charge in [-0.1, -0.05) is 72.3 Å². The molecule has 0 aromatic heterocycles. The Bertz CT molecular complexity index is 1140. The quantitative estimate of drug-likeness (QED) is 0.413. The SMILES string of the molecule is O=C(CC1C(=O)N(Cc2ccccc2)C(=S)N1CCCc1ccccc1)Nc1ccc(Cl)cc1. The summed E-state index contributed by atoms with van der Waals surface area (Å²) in [5.74, 6) is -0.377. The maximum absolute atomic E-state index is 13.4. The van der Waals surface area contributed by atoms with Crippen molar-refractivity contribution in [2.24, 2.45) is 0 Å². The van der Waals surface area contributed by atoms with E-state index in [1.807, 2.05) is 53.4 Å². The number of nitrogens with zero attached hydrogens (tertiary/aromatic N) is 2. The van der Waals surface area contributed by atoms with Crippen LogP contribution in [0.1, 0.15) is 24.0 Å².